The Hall–Kier alpha value is -3.12. The first-order chi connectivity index (χ1) is 16.9. The van der Waals surface area contributed by atoms with Crippen LogP contribution in [0, 0.1) is 0 Å². The topological polar surface area (TPSA) is 114 Å². The van der Waals surface area contributed by atoms with Gasteiger partial charge in [-0.2, -0.15) is 0 Å². The molecule has 2 aliphatic heterocycles. The van der Waals surface area contributed by atoms with E-state index in [1.165, 1.54) is 15.4 Å². The number of para-hydroxylation sites is 1. The summed E-state index contributed by atoms with van der Waals surface area (Å²) in [5, 5.41) is 20.2. The number of piperazine rings is 1. The summed E-state index contributed by atoms with van der Waals surface area (Å²) in [6, 6.07) is 12.5. The van der Waals surface area contributed by atoms with Crippen molar-refractivity contribution in [3.8, 4) is 10.6 Å². The van der Waals surface area contributed by atoms with Crippen LogP contribution in [-0.4, -0.2) is 82.1 Å². The van der Waals surface area contributed by atoms with E-state index in [9.17, 15) is 4.79 Å². The number of carboxylic acid groups (broad SMARTS) is 2. The van der Waals surface area contributed by atoms with Gasteiger partial charge >= 0.3 is 11.9 Å². The molecule has 11 heteroatoms. The number of nitrogens with zero attached hydrogens (tertiary/aromatic N) is 4. The Morgan fingerprint density at radius 1 is 0.886 bits per heavy atom. The van der Waals surface area contributed by atoms with E-state index in [-0.39, 0.29) is 5.91 Å². The first kappa shape index (κ1) is 25.0. The number of anilines is 1. The Morgan fingerprint density at radius 2 is 1.60 bits per heavy atom. The number of rotatable bonds is 5. The van der Waals surface area contributed by atoms with Crippen molar-refractivity contribution in [1.29, 1.82) is 0 Å². The number of carboxylic acids is 2. The highest BCUT2D eigenvalue weighted by Gasteiger charge is 2.27. The van der Waals surface area contributed by atoms with Crippen LogP contribution in [0.3, 0.4) is 0 Å². The smallest absolute Gasteiger partial charge is 0.414 e. The minimum atomic E-state index is -1.82. The molecule has 0 aliphatic carbocycles. The number of hydrogen-bond donors (Lipinski definition) is 2. The van der Waals surface area contributed by atoms with Crippen LogP contribution in [0.15, 0.2) is 47.2 Å². The van der Waals surface area contributed by atoms with Gasteiger partial charge in [-0.15, -0.1) is 22.7 Å². The molecule has 0 unspecified atom stereocenters. The van der Waals surface area contributed by atoms with Gasteiger partial charge in [-0.1, -0.05) is 24.3 Å². The first-order valence-electron chi connectivity index (χ1n) is 11.2. The highest BCUT2D eigenvalue weighted by atomic mass is 32.1. The van der Waals surface area contributed by atoms with E-state index in [4.69, 9.17) is 24.8 Å². The highest BCUT2D eigenvalue weighted by Crippen LogP contribution is 2.28. The lowest BCUT2D eigenvalue weighted by molar-refractivity contribution is -0.159. The van der Waals surface area contributed by atoms with Crippen LogP contribution >= 0.6 is 22.7 Å². The average molecular weight is 515 g/mol. The molecule has 0 atom stereocenters. The molecule has 9 nitrogen and oxygen atoms in total. The number of amides is 1. The van der Waals surface area contributed by atoms with Gasteiger partial charge in [0.05, 0.1) is 23.7 Å². The number of thiophene rings is 1. The molecule has 184 valence electrons. The molecule has 3 aromatic rings. The fraction of sp³-hybridized carbons (Fsp3) is 0.333. The van der Waals surface area contributed by atoms with Crippen molar-refractivity contribution in [1.82, 2.24) is 14.8 Å². The molecule has 2 aromatic heterocycles. The number of benzene rings is 1. The summed E-state index contributed by atoms with van der Waals surface area (Å²) in [7, 11) is 0. The molecule has 4 heterocycles. The fourth-order valence-electron chi connectivity index (χ4n) is 4.09. The maximum Gasteiger partial charge on any atom is 0.414 e. The van der Waals surface area contributed by atoms with Gasteiger partial charge in [-0.3, -0.25) is 14.6 Å². The molecule has 1 amide bonds. The van der Waals surface area contributed by atoms with Crippen molar-refractivity contribution in [3.05, 3.63) is 57.7 Å². The maximum absolute atomic E-state index is 12.8. The summed E-state index contributed by atoms with van der Waals surface area (Å²) in [4.78, 5) is 43.8. The molecule has 0 radical (unpaired) electrons. The van der Waals surface area contributed by atoms with E-state index in [2.05, 4.69) is 50.9 Å². The zero-order chi connectivity index (χ0) is 24.8. The summed E-state index contributed by atoms with van der Waals surface area (Å²) in [5.41, 5.74) is 3.48. The lowest BCUT2D eigenvalue weighted by atomic mass is 10.2. The predicted molar refractivity (Wildman–Crippen MR) is 135 cm³/mol. The first-order valence-corrected chi connectivity index (χ1v) is 12.9. The zero-order valence-corrected chi connectivity index (χ0v) is 20.6. The number of fused-ring (bicyclic) bond motifs is 1. The molecule has 1 saturated heterocycles. The van der Waals surface area contributed by atoms with Crippen molar-refractivity contribution >= 4 is 46.2 Å². The van der Waals surface area contributed by atoms with Crippen LogP contribution in [-0.2, 0) is 27.3 Å². The summed E-state index contributed by atoms with van der Waals surface area (Å²) in [6.07, 6.45) is 0.969. The van der Waals surface area contributed by atoms with Crippen molar-refractivity contribution in [3.63, 3.8) is 0 Å². The second kappa shape index (κ2) is 11.5. The number of aliphatic carboxylic acids is 2. The summed E-state index contributed by atoms with van der Waals surface area (Å²) >= 11 is 3.48. The Balaban J connectivity index is 0.000000431. The lowest BCUT2D eigenvalue weighted by Gasteiger charge is -2.34. The van der Waals surface area contributed by atoms with Crippen LogP contribution in [0.5, 0.6) is 0 Å². The second-order valence-electron chi connectivity index (χ2n) is 8.19. The number of carbonyl (C=O) groups excluding carboxylic acids is 1. The molecule has 1 fully saturated rings. The molecule has 0 saturated carbocycles. The second-order valence-corrected chi connectivity index (χ2v) is 10.1. The predicted octanol–water partition coefficient (Wildman–Crippen LogP) is 2.73. The van der Waals surface area contributed by atoms with E-state index >= 15 is 0 Å². The van der Waals surface area contributed by atoms with Crippen LogP contribution in [0.4, 0.5) is 5.69 Å². The van der Waals surface area contributed by atoms with Gasteiger partial charge in [0, 0.05) is 43.8 Å². The van der Waals surface area contributed by atoms with E-state index in [0.717, 1.165) is 57.1 Å². The molecule has 35 heavy (non-hydrogen) atoms. The third kappa shape index (κ3) is 6.51. The van der Waals surface area contributed by atoms with Gasteiger partial charge in [-0.25, -0.2) is 14.6 Å². The third-order valence-electron chi connectivity index (χ3n) is 5.88. The number of thiazole rings is 1. The van der Waals surface area contributed by atoms with E-state index < -0.39 is 11.9 Å². The normalized spacial score (nSPS) is 15.8. The van der Waals surface area contributed by atoms with Crippen LogP contribution in [0.25, 0.3) is 10.6 Å². The minimum Gasteiger partial charge on any atom is -0.473 e. The van der Waals surface area contributed by atoms with Crippen molar-refractivity contribution < 1.29 is 24.6 Å². The zero-order valence-electron chi connectivity index (χ0n) is 19.0. The van der Waals surface area contributed by atoms with Crippen molar-refractivity contribution in [2.75, 3.05) is 44.2 Å². The number of hydrogen-bond acceptors (Lipinski definition) is 8. The summed E-state index contributed by atoms with van der Waals surface area (Å²) < 4.78 is 0. The molecular formula is C24H26N4O5S2. The SMILES string of the molecule is O=C(CN1CCN(Cc2nc(-c3cccs3)cs2)CC1)N1CCc2ccccc21.O=C(O)C(=O)O. The molecule has 5 rings (SSSR count). The van der Waals surface area contributed by atoms with E-state index in [0.29, 0.717) is 6.54 Å². The van der Waals surface area contributed by atoms with Crippen molar-refractivity contribution in [2.45, 2.75) is 13.0 Å². The third-order valence-corrected chi connectivity index (χ3v) is 7.61. The van der Waals surface area contributed by atoms with Gasteiger partial charge < -0.3 is 15.1 Å². The summed E-state index contributed by atoms with van der Waals surface area (Å²) in [5.74, 6) is -3.42. The van der Waals surface area contributed by atoms with E-state index in [1.807, 2.05) is 11.0 Å². The van der Waals surface area contributed by atoms with Gasteiger partial charge in [0.2, 0.25) is 5.91 Å². The van der Waals surface area contributed by atoms with Crippen LogP contribution < -0.4 is 4.90 Å². The largest absolute Gasteiger partial charge is 0.473 e. The fourth-order valence-corrected chi connectivity index (χ4v) is 5.69. The van der Waals surface area contributed by atoms with Gasteiger partial charge in [0.25, 0.3) is 0 Å². The monoisotopic (exact) mass is 514 g/mol. The van der Waals surface area contributed by atoms with Gasteiger partial charge in [0.15, 0.2) is 0 Å². The van der Waals surface area contributed by atoms with Crippen LogP contribution in [0.1, 0.15) is 10.6 Å². The average Bonchev–Trinajstić information content (AvgIpc) is 3.61. The quantitative estimate of drug-likeness (QED) is 0.500. The van der Waals surface area contributed by atoms with E-state index in [1.54, 1.807) is 22.7 Å². The van der Waals surface area contributed by atoms with Gasteiger partial charge in [-0.05, 0) is 29.5 Å². The standard InChI is InChI=1S/C22H24N4OS2.C2H2O4/c27-22(26-8-7-17-4-1-2-5-19(17)26)15-25-11-9-24(10-12-25)14-21-23-18(16-29-21)20-6-3-13-28-20;3-1(4)2(5)6/h1-6,13,16H,7-12,14-15H2;(H,3,4)(H,5,6). The molecular weight excluding hydrogens is 488 g/mol. The lowest BCUT2D eigenvalue weighted by Crippen LogP contribution is -2.49. The Kier molecular flexibility index (Phi) is 8.24. The molecule has 2 N–H and O–H groups in total. The highest BCUT2D eigenvalue weighted by molar-refractivity contribution is 7.14. The molecule has 0 bridgehead atoms. The number of aromatic nitrogens is 1. The maximum atomic E-state index is 12.8. The van der Waals surface area contributed by atoms with Gasteiger partial charge in [0.1, 0.15) is 5.01 Å². The molecule has 1 aromatic carbocycles. The van der Waals surface area contributed by atoms with Crippen LogP contribution in [0.2, 0.25) is 0 Å². The Bertz CT molecular complexity index is 1160. The summed E-state index contributed by atoms with van der Waals surface area (Å²) in [6.45, 7) is 6.07. The van der Waals surface area contributed by atoms with Crippen molar-refractivity contribution in [2.24, 2.45) is 0 Å². The number of carbonyl (C=O) groups is 3. The Labute approximate surface area is 210 Å². The molecule has 0 spiro atoms. The molecule has 2 aliphatic rings. The Morgan fingerprint density at radius 3 is 2.29 bits per heavy atom. The minimum absolute atomic E-state index is 0.226.